The lowest BCUT2D eigenvalue weighted by Gasteiger charge is -2.22. The molecule has 138 valence electrons. The molecule has 1 aliphatic heterocycles. The van der Waals surface area contributed by atoms with Gasteiger partial charge in [-0.05, 0) is 31.8 Å². The highest BCUT2D eigenvalue weighted by Crippen LogP contribution is 2.22. The normalized spacial score (nSPS) is 14.8. The van der Waals surface area contributed by atoms with Crippen LogP contribution in [0.1, 0.15) is 18.5 Å². The van der Waals surface area contributed by atoms with Crippen molar-refractivity contribution in [1.82, 2.24) is 29.8 Å². The molecule has 9 nitrogen and oxygen atoms in total. The Morgan fingerprint density at radius 1 is 1.26 bits per heavy atom. The van der Waals surface area contributed by atoms with E-state index in [9.17, 15) is 5.26 Å². The number of anilines is 2. The summed E-state index contributed by atoms with van der Waals surface area (Å²) in [6.45, 7) is 2.52. The molecule has 0 radical (unpaired) electrons. The molecule has 0 bridgehead atoms. The lowest BCUT2D eigenvalue weighted by Crippen LogP contribution is -2.30. The first-order valence-corrected chi connectivity index (χ1v) is 8.87. The first kappa shape index (κ1) is 17.2. The van der Waals surface area contributed by atoms with Crippen molar-refractivity contribution in [3.05, 3.63) is 30.5 Å². The van der Waals surface area contributed by atoms with Crippen molar-refractivity contribution in [3.63, 3.8) is 0 Å². The smallest absolute Gasteiger partial charge is 0.253 e. The molecule has 4 rings (SSSR count). The first-order valence-electron chi connectivity index (χ1n) is 8.87. The van der Waals surface area contributed by atoms with Crippen LogP contribution in [-0.4, -0.2) is 44.2 Å². The zero-order chi connectivity index (χ0) is 18.6. The van der Waals surface area contributed by atoms with E-state index < -0.39 is 0 Å². The third kappa shape index (κ3) is 3.80. The summed E-state index contributed by atoms with van der Waals surface area (Å²) < 4.78 is 7.74. The third-order valence-corrected chi connectivity index (χ3v) is 4.63. The second-order valence-corrected chi connectivity index (χ2v) is 6.56. The predicted molar refractivity (Wildman–Crippen MR) is 99.6 cm³/mol. The molecule has 0 aliphatic carbocycles. The number of imidazole rings is 1. The zero-order valence-electron chi connectivity index (χ0n) is 15.0. The van der Waals surface area contributed by atoms with Crippen molar-refractivity contribution in [2.75, 3.05) is 25.0 Å². The van der Waals surface area contributed by atoms with Gasteiger partial charge in [-0.15, -0.1) is 0 Å². The van der Waals surface area contributed by atoms with E-state index in [1.54, 1.807) is 12.5 Å². The lowest BCUT2D eigenvalue weighted by atomic mass is 9.99. The van der Waals surface area contributed by atoms with E-state index in [0.717, 1.165) is 37.0 Å². The Morgan fingerprint density at radius 3 is 2.93 bits per heavy atom. The minimum atomic E-state index is 0.185. The van der Waals surface area contributed by atoms with Crippen LogP contribution in [0.15, 0.2) is 24.8 Å². The Morgan fingerprint density at radius 2 is 2.11 bits per heavy atom. The Kier molecular flexibility index (Phi) is 4.80. The zero-order valence-corrected chi connectivity index (χ0v) is 15.0. The molecule has 1 saturated heterocycles. The molecule has 3 aromatic heterocycles. The largest absolute Gasteiger partial charge is 0.475 e. The SMILES string of the molecule is Cn1cnc2cnc(Nc3cnc(C#N)c(OCC4CCNCC4)n3)cc21. The maximum absolute atomic E-state index is 9.28. The van der Waals surface area contributed by atoms with Crippen molar-refractivity contribution in [3.8, 4) is 11.9 Å². The first-order chi connectivity index (χ1) is 13.2. The molecule has 0 amide bonds. The van der Waals surface area contributed by atoms with Crippen LogP contribution in [0.5, 0.6) is 5.88 Å². The molecule has 4 heterocycles. The molecule has 9 heteroatoms. The average Bonchev–Trinajstić information content (AvgIpc) is 3.08. The molecule has 1 fully saturated rings. The van der Waals surface area contributed by atoms with Gasteiger partial charge < -0.3 is 19.9 Å². The molecule has 2 N–H and O–H groups in total. The number of fused-ring (bicyclic) bond motifs is 1. The van der Waals surface area contributed by atoms with Crippen LogP contribution in [-0.2, 0) is 7.05 Å². The number of nitrogens with one attached hydrogen (secondary N) is 2. The minimum absolute atomic E-state index is 0.185. The number of hydrogen-bond donors (Lipinski definition) is 2. The number of aromatic nitrogens is 5. The van der Waals surface area contributed by atoms with Gasteiger partial charge in [-0.3, -0.25) is 0 Å². The topological polar surface area (TPSA) is 114 Å². The Bertz CT molecular complexity index is 987. The van der Waals surface area contributed by atoms with E-state index >= 15 is 0 Å². The van der Waals surface area contributed by atoms with E-state index in [2.05, 4.69) is 30.6 Å². The highest BCUT2D eigenvalue weighted by Gasteiger charge is 2.16. The molecule has 3 aromatic rings. The van der Waals surface area contributed by atoms with E-state index in [0.29, 0.717) is 24.2 Å². The molecular formula is C18H20N8O. The number of aryl methyl sites for hydroxylation is 1. The van der Waals surface area contributed by atoms with Gasteiger partial charge in [-0.25, -0.2) is 15.0 Å². The van der Waals surface area contributed by atoms with E-state index in [1.165, 1.54) is 6.20 Å². The summed E-state index contributed by atoms with van der Waals surface area (Å²) in [6, 6.07) is 3.92. The van der Waals surface area contributed by atoms with E-state index in [4.69, 9.17) is 4.74 Å². The summed E-state index contributed by atoms with van der Waals surface area (Å²) in [5.74, 6) is 1.81. The van der Waals surface area contributed by atoms with Crippen molar-refractivity contribution >= 4 is 22.7 Å². The number of nitrogens with zero attached hydrogens (tertiary/aromatic N) is 6. The second-order valence-electron chi connectivity index (χ2n) is 6.56. The molecule has 0 atom stereocenters. The standard InChI is InChI=1S/C18H20N8O/c1-26-11-23-14-8-22-16(6-15(14)26)24-17-9-21-13(7-19)18(25-17)27-10-12-2-4-20-5-3-12/h6,8-9,11-12,20H,2-5,10H2,1H3,(H,22,24,25). The highest BCUT2D eigenvalue weighted by molar-refractivity contribution is 5.77. The fourth-order valence-corrected chi connectivity index (χ4v) is 3.08. The van der Waals surface area contributed by atoms with Gasteiger partial charge in [0.2, 0.25) is 5.69 Å². The Hall–Kier alpha value is -3.25. The van der Waals surface area contributed by atoms with E-state index in [-0.39, 0.29) is 11.6 Å². The molecule has 0 aromatic carbocycles. The lowest BCUT2D eigenvalue weighted by molar-refractivity contribution is 0.208. The molecule has 0 saturated carbocycles. The predicted octanol–water partition coefficient (Wildman–Crippen LogP) is 1.75. The number of piperidine rings is 1. The maximum atomic E-state index is 9.28. The van der Waals surface area contributed by atoms with Gasteiger partial charge in [0.1, 0.15) is 17.4 Å². The summed E-state index contributed by atoms with van der Waals surface area (Å²) in [5.41, 5.74) is 1.96. The molecule has 0 unspecified atom stereocenters. The van der Waals surface area contributed by atoms with Crippen LogP contribution in [0.25, 0.3) is 11.0 Å². The Balaban J connectivity index is 1.51. The van der Waals surface area contributed by atoms with Crippen molar-refractivity contribution < 1.29 is 4.74 Å². The van der Waals surface area contributed by atoms with Crippen LogP contribution in [0, 0.1) is 17.2 Å². The van der Waals surface area contributed by atoms with Gasteiger partial charge in [-0.1, -0.05) is 0 Å². The van der Waals surface area contributed by atoms with Gasteiger partial charge in [0.05, 0.1) is 30.8 Å². The minimum Gasteiger partial charge on any atom is -0.475 e. The summed E-state index contributed by atoms with van der Waals surface area (Å²) in [4.78, 5) is 17.2. The quantitative estimate of drug-likeness (QED) is 0.704. The summed E-state index contributed by atoms with van der Waals surface area (Å²) in [6.07, 6.45) is 7.06. The number of nitriles is 1. The van der Waals surface area contributed by atoms with Crippen molar-refractivity contribution in [2.24, 2.45) is 13.0 Å². The summed E-state index contributed by atoms with van der Waals surface area (Å²) >= 11 is 0. The van der Waals surface area contributed by atoms with Gasteiger partial charge >= 0.3 is 0 Å². The summed E-state index contributed by atoms with van der Waals surface area (Å²) in [7, 11) is 1.92. The number of pyridine rings is 1. The Labute approximate surface area is 156 Å². The molecule has 0 spiro atoms. The maximum Gasteiger partial charge on any atom is 0.253 e. The van der Waals surface area contributed by atoms with Crippen molar-refractivity contribution in [1.29, 1.82) is 5.26 Å². The number of rotatable bonds is 5. The van der Waals surface area contributed by atoms with Crippen LogP contribution >= 0.6 is 0 Å². The van der Waals surface area contributed by atoms with E-state index in [1.807, 2.05) is 23.8 Å². The number of hydrogen-bond acceptors (Lipinski definition) is 8. The second kappa shape index (κ2) is 7.55. The van der Waals surface area contributed by atoms with Crippen molar-refractivity contribution in [2.45, 2.75) is 12.8 Å². The average molecular weight is 364 g/mol. The molecule has 1 aliphatic rings. The fourth-order valence-electron chi connectivity index (χ4n) is 3.08. The van der Waals surface area contributed by atoms with Gasteiger partial charge in [-0.2, -0.15) is 10.2 Å². The monoisotopic (exact) mass is 364 g/mol. The van der Waals surface area contributed by atoms with Crippen LogP contribution in [0.3, 0.4) is 0 Å². The van der Waals surface area contributed by atoms with Gasteiger partial charge in [0.15, 0.2) is 5.82 Å². The highest BCUT2D eigenvalue weighted by atomic mass is 16.5. The molecule has 27 heavy (non-hydrogen) atoms. The van der Waals surface area contributed by atoms with Gasteiger partial charge in [0, 0.05) is 13.1 Å². The summed E-state index contributed by atoms with van der Waals surface area (Å²) in [5, 5.41) is 15.7. The molecular weight excluding hydrogens is 344 g/mol. The van der Waals surface area contributed by atoms with Crippen LogP contribution < -0.4 is 15.4 Å². The van der Waals surface area contributed by atoms with Crippen LogP contribution in [0.2, 0.25) is 0 Å². The number of ether oxygens (including phenoxy) is 1. The fraction of sp³-hybridized carbons (Fsp3) is 0.389. The third-order valence-electron chi connectivity index (χ3n) is 4.63. The van der Waals surface area contributed by atoms with Crippen LogP contribution in [0.4, 0.5) is 11.6 Å². The van der Waals surface area contributed by atoms with Gasteiger partial charge in [0.25, 0.3) is 5.88 Å².